The Morgan fingerprint density at radius 1 is 0.625 bits per heavy atom. The third kappa shape index (κ3) is 1.38. The molecule has 0 nitrogen and oxygen atoms in total. The van der Waals surface area contributed by atoms with Gasteiger partial charge in [-0.25, -0.2) is 0 Å². The summed E-state index contributed by atoms with van der Waals surface area (Å²) in [6.07, 6.45) is 0. The molecule has 0 bridgehead atoms. The van der Waals surface area contributed by atoms with Gasteiger partial charge in [0.05, 0.1) is 10.0 Å². The second-order valence-corrected chi connectivity index (χ2v) is 4.33. The highest BCUT2D eigenvalue weighted by atomic mass is 35.5. The minimum Gasteiger partial charge on any atom is -0.0830 e. The van der Waals surface area contributed by atoms with Crippen LogP contribution in [0, 0.1) is 12.1 Å². The van der Waals surface area contributed by atoms with Crippen molar-refractivity contribution in [2.45, 2.75) is 0 Å². The topological polar surface area (TPSA) is 0 Å². The van der Waals surface area contributed by atoms with Gasteiger partial charge in [0.25, 0.3) is 0 Å². The maximum atomic E-state index is 6.10. The Kier molecular flexibility index (Phi) is 2.27. The number of halogens is 2. The van der Waals surface area contributed by atoms with Crippen LogP contribution in [0.15, 0.2) is 36.4 Å². The minimum atomic E-state index is 0.642. The van der Waals surface area contributed by atoms with E-state index in [9.17, 15) is 0 Å². The maximum absolute atomic E-state index is 6.10. The van der Waals surface area contributed by atoms with Crippen LogP contribution in [0.1, 0.15) is 0 Å². The molecule has 16 heavy (non-hydrogen) atoms. The standard InChI is InChI=1S/C14H6Cl2/c15-13-5-1-3-9-10-4-2-6-14(16)12(10)8-7-11(9)13/h1-4,7-8H. The first-order valence-corrected chi connectivity index (χ1v) is 5.62. The van der Waals surface area contributed by atoms with Crippen molar-refractivity contribution in [3.63, 3.8) is 0 Å². The SMILES string of the molecule is Clc1[c]ccc2c1ccc1c(Cl)[c]ccc12. The summed E-state index contributed by atoms with van der Waals surface area (Å²) < 4.78 is 0. The van der Waals surface area contributed by atoms with Crippen molar-refractivity contribution >= 4 is 44.7 Å². The third-order valence-electron chi connectivity index (χ3n) is 2.68. The van der Waals surface area contributed by atoms with Crippen molar-refractivity contribution in [1.29, 1.82) is 0 Å². The molecule has 0 saturated heterocycles. The lowest BCUT2D eigenvalue weighted by Crippen LogP contribution is -1.79. The average molecular weight is 245 g/mol. The Morgan fingerprint density at radius 3 is 1.50 bits per heavy atom. The van der Waals surface area contributed by atoms with Crippen LogP contribution in [0.5, 0.6) is 0 Å². The van der Waals surface area contributed by atoms with Gasteiger partial charge in [-0.05, 0) is 10.8 Å². The van der Waals surface area contributed by atoms with Gasteiger partial charge >= 0.3 is 0 Å². The van der Waals surface area contributed by atoms with Crippen molar-refractivity contribution in [3.05, 3.63) is 58.6 Å². The molecule has 0 aliphatic heterocycles. The lowest BCUT2D eigenvalue weighted by atomic mass is 10.0. The van der Waals surface area contributed by atoms with Gasteiger partial charge in [-0.3, -0.25) is 0 Å². The predicted octanol–water partition coefficient (Wildman–Crippen LogP) is 4.90. The van der Waals surface area contributed by atoms with Crippen molar-refractivity contribution < 1.29 is 0 Å². The van der Waals surface area contributed by atoms with E-state index in [1.54, 1.807) is 0 Å². The molecule has 0 aliphatic carbocycles. The van der Waals surface area contributed by atoms with Gasteiger partial charge in [0.2, 0.25) is 0 Å². The van der Waals surface area contributed by atoms with E-state index in [0.29, 0.717) is 10.0 Å². The van der Waals surface area contributed by atoms with Crippen LogP contribution in [0.2, 0.25) is 10.0 Å². The molecule has 0 amide bonds. The molecule has 2 heteroatoms. The molecule has 3 rings (SSSR count). The molecule has 0 aliphatic rings. The normalized spacial score (nSPS) is 11.1. The van der Waals surface area contributed by atoms with E-state index in [0.717, 1.165) is 21.5 Å². The fraction of sp³-hybridized carbons (Fsp3) is 0. The first-order valence-electron chi connectivity index (χ1n) is 4.86. The molecule has 3 aromatic rings. The quantitative estimate of drug-likeness (QED) is 0.494. The molecular formula is C14H6Cl2. The van der Waals surface area contributed by atoms with Gasteiger partial charge < -0.3 is 0 Å². The summed E-state index contributed by atoms with van der Waals surface area (Å²) in [5, 5.41) is 5.47. The average Bonchev–Trinajstić information content (AvgIpc) is 2.30. The van der Waals surface area contributed by atoms with E-state index in [4.69, 9.17) is 23.2 Å². The zero-order chi connectivity index (χ0) is 11.1. The third-order valence-corrected chi connectivity index (χ3v) is 3.31. The molecule has 3 aromatic carbocycles. The van der Waals surface area contributed by atoms with Gasteiger partial charge in [0, 0.05) is 22.9 Å². The number of fused-ring (bicyclic) bond motifs is 3. The molecule has 0 spiro atoms. The highest BCUT2D eigenvalue weighted by Crippen LogP contribution is 2.32. The molecule has 0 fully saturated rings. The lowest BCUT2D eigenvalue weighted by molar-refractivity contribution is 1.74. The summed E-state index contributed by atoms with van der Waals surface area (Å²) in [6, 6.07) is 17.5. The molecule has 0 aromatic heterocycles. The van der Waals surface area contributed by atoms with E-state index in [2.05, 4.69) is 12.1 Å². The fourth-order valence-corrected chi connectivity index (χ4v) is 2.39. The van der Waals surface area contributed by atoms with Gasteiger partial charge in [0.15, 0.2) is 0 Å². The molecule has 0 heterocycles. The Morgan fingerprint density at radius 2 is 1.06 bits per heavy atom. The van der Waals surface area contributed by atoms with E-state index in [1.807, 2.05) is 36.4 Å². The van der Waals surface area contributed by atoms with E-state index in [-0.39, 0.29) is 0 Å². The van der Waals surface area contributed by atoms with Crippen LogP contribution in [-0.2, 0) is 0 Å². The Hall–Kier alpha value is -1.24. The largest absolute Gasteiger partial charge is 0.0830 e. The number of hydrogen-bond donors (Lipinski definition) is 0. The Balaban J connectivity index is 2.60. The summed E-state index contributed by atoms with van der Waals surface area (Å²) >= 11 is 12.2. The van der Waals surface area contributed by atoms with E-state index in [1.165, 1.54) is 0 Å². The monoisotopic (exact) mass is 244 g/mol. The van der Waals surface area contributed by atoms with Crippen molar-refractivity contribution in [3.8, 4) is 0 Å². The van der Waals surface area contributed by atoms with Crippen LogP contribution >= 0.6 is 23.2 Å². The second-order valence-electron chi connectivity index (χ2n) is 3.57. The zero-order valence-corrected chi connectivity index (χ0v) is 9.73. The summed E-state index contributed by atoms with van der Waals surface area (Å²) in [5.41, 5.74) is 0. The summed E-state index contributed by atoms with van der Waals surface area (Å²) in [4.78, 5) is 0. The predicted molar refractivity (Wildman–Crippen MR) is 69.1 cm³/mol. The van der Waals surface area contributed by atoms with Crippen LogP contribution in [0.4, 0.5) is 0 Å². The van der Waals surface area contributed by atoms with Gasteiger partial charge in [-0.15, -0.1) is 0 Å². The highest BCUT2D eigenvalue weighted by Gasteiger charge is 2.05. The van der Waals surface area contributed by atoms with Gasteiger partial charge in [-0.2, -0.15) is 0 Å². The van der Waals surface area contributed by atoms with Crippen molar-refractivity contribution in [2.24, 2.45) is 0 Å². The molecular weight excluding hydrogens is 239 g/mol. The number of rotatable bonds is 0. The summed E-state index contributed by atoms with van der Waals surface area (Å²) in [6.45, 7) is 0. The minimum absolute atomic E-state index is 0.642. The second kappa shape index (κ2) is 3.65. The van der Waals surface area contributed by atoms with Crippen LogP contribution < -0.4 is 0 Å². The van der Waals surface area contributed by atoms with Crippen molar-refractivity contribution in [2.75, 3.05) is 0 Å². The Bertz CT molecular complexity index is 626. The lowest BCUT2D eigenvalue weighted by Gasteiger charge is -2.05. The summed E-state index contributed by atoms with van der Waals surface area (Å²) in [5.74, 6) is 0. The zero-order valence-electron chi connectivity index (χ0n) is 8.22. The first kappa shape index (κ1) is 9.95. The smallest absolute Gasteiger partial charge is 0.0563 e. The number of benzene rings is 3. The number of hydrogen-bond acceptors (Lipinski definition) is 0. The van der Waals surface area contributed by atoms with E-state index < -0.39 is 0 Å². The highest BCUT2D eigenvalue weighted by molar-refractivity contribution is 6.38. The molecule has 76 valence electrons. The van der Waals surface area contributed by atoms with Gasteiger partial charge in [-0.1, -0.05) is 59.6 Å². The molecule has 0 N–H and O–H groups in total. The van der Waals surface area contributed by atoms with Gasteiger partial charge in [0.1, 0.15) is 0 Å². The molecule has 2 radical (unpaired) electrons. The molecule has 0 atom stereocenters. The fourth-order valence-electron chi connectivity index (χ4n) is 1.93. The first-order chi connectivity index (χ1) is 7.77. The van der Waals surface area contributed by atoms with Crippen LogP contribution in [0.25, 0.3) is 21.5 Å². The maximum Gasteiger partial charge on any atom is 0.0563 e. The molecule has 0 saturated carbocycles. The van der Waals surface area contributed by atoms with E-state index >= 15 is 0 Å². The Labute approximate surface area is 103 Å². The molecule has 0 unspecified atom stereocenters. The summed E-state index contributed by atoms with van der Waals surface area (Å²) in [7, 11) is 0. The van der Waals surface area contributed by atoms with Crippen molar-refractivity contribution in [1.82, 2.24) is 0 Å². The van der Waals surface area contributed by atoms with Crippen LogP contribution in [0.3, 0.4) is 0 Å². The van der Waals surface area contributed by atoms with Crippen LogP contribution in [-0.4, -0.2) is 0 Å².